The Kier molecular flexibility index (Phi) is 3.99. The summed E-state index contributed by atoms with van der Waals surface area (Å²) in [7, 11) is -1.69. The Balaban J connectivity index is 2.97. The average molecular weight is 279 g/mol. The second-order valence-electron chi connectivity index (χ2n) is 4.08. The Bertz CT molecular complexity index is 548. The van der Waals surface area contributed by atoms with Crippen LogP contribution >= 0.6 is 11.6 Å². The zero-order chi connectivity index (χ0) is 13.4. The highest BCUT2D eigenvalue weighted by Gasteiger charge is 2.25. The maximum Gasteiger partial charge on any atom is 0.157 e. The first-order chi connectivity index (χ1) is 7.64. The van der Waals surface area contributed by atoms with E-state index in [4.69, 9.17) is 11.6 Å². The monoisotopic (exact) mass is 278 g/mol. The molecule has 0 amide bonds. The molecule has 0 radical (unpaired) electrons. The predicted molar refractivity (Wildman–Crippen MR) is 66.0 cm³/mol. The van der Waals surface area contributed by atoms with Crippen molar-refractivity contribution in [2.75, 3.05) is 6.26 Å². The summed E-state index contributed by atoms with van der Waals surface area (Å²) in [6.07, 6.45) is 1.02. The zero-order valence-corrected chi connectivity index (χ0v) is 11.8. The van der Waals surface area contributed by atoms with Crippen LogP contribution in [0.15, 0.2) is 0 Å². The van der Waals surface area contributed by atoms with Crippen LogP contribution in [0.2, 0.25) is 5.02 Å². The SMILES string of the molecule is Cc1nn(C)c(CC(=O)C(C)S(C)(=O)=O)c1Cl. The number of carbonyl (C=O) groups excluding carboxylic acids is 1. The summed E-state index contributed by atoms with van der Waals surface area (Å²) in [5.74, 6) is -0.377. The van der Waals surface area contributed by atoms with Gasteiger partial charge in [-0.3, -0.25) is 9.48 Å². The van der Waals surface area contributed by atoms with Crippen LogP contribution in [0, 0.1) is 6.92 Å². The Morgan fingerprint density at radius 3 is 2.41 bits per heavy atom. The van der Waals surface area contributed by atoms with Gasteiger partial charge in [0.25, 0.3) is 0 Å². The van der Waals surface area contributed by atoms with Crippen molar-refractivity contribution in [1.29, 1.82) is 0 Å². The number of hydrogen-bond acceptors (Lipinski definition) is 4. The van der Waals surface area contributed by atoms with E-state index in [1.165, 1.54) is 11.6 Å². The third-order valence-electron chi connectivity index (χ3n) is 2.70. The fourth-order valence-corrected chi connectivity index (χ4v) is 2.21. The molecular formula is C10H15ClN2O3S. The summed E-state index contributed by atoms with van der Waals surface area (Å²) in [6, 6.07) is 0. The van der Waals surface area contributed by atoms with Crippen molar-refractivity contribution in [2.45, 2.75) is 25.5 Å². The number of carbonyl (C=O) groups is 1. The number of sulfone groups is 1. The molecule has 96 valence electrons. The van der Waals surface area contributed by atoms with Crippen molar-refractivity contribution in [3.8, 4) is 0 Å². The van der Waals surface area contributed by atoms with Crippen LogP contribution in [0.25, 0.3) is 0 Å². The van der Waals surface area contributed by atoms with E-state index in [9.17, 15) is 13.2 Å². The van der Waals surface area contributed by atoms with Gasteiger partial charge in [0, 0.05) is 13.3 Å². The van der Waals surface area contributed by atoms with Crippen molar-refractivity contribution >= 4 is 27.2 Å². The van der Waals surface area contributed by atoms with Gasteiger partial charge in [-0.05, 0) is 13.8 Å². The largest absolute Gasteiger partial charge is 0.298 e. The summed E-state index contributed by atoms with van der Waals surface area (Å²) in [5.41, 5.74) is 1.17. The molecule has 0 bridgehead atoms. The normalized spacial score (nSPS) is 13.7. The topological polar surface area (TPSA) is 69.0 Å². The Morgan fingerprint density at radius 2 is 2.06 bits per heavy atom. The molecule has 0 fully saturated rings. The molecule has 0 aliphatic heterocycles. The standard InChI is InChI=1S/C10H15ClN2O3S/c1-6-10(11)8(13(3)12-6)5-9(14)7(2)17(4,15)16/h7H,5H2,1-4H3. The van der Waals surface area contributed by atoms with E-state index in [0.717, 1.165) is 6.26 Å². The number of nitrogens with zero attached hydrogens (tertiary/aromatic N) is 2. The molecule has 0 saturated carbocycles. The van der Waals surface area contributed by atoms with Crippen LogP contribution in [-0.2, 0) is 28.1 Å². The second-order valence-corrected chi connectivity index (χ2v) is 6.83. The minimum atomic E-state index is -3.36. The van der Waals surface area contributed by atoms with Crippen molar-refractivity contribution in [3.63, 3.8) is 0 Å². The Morgan fingerprint density at radius 1 is 1.53 bits per heavy atom. The van der Waals surface area contributed by atoms with Crippen LogP contribution in [0.3, 0.4) is 0 Å². The van der Waals surface area contributed by atoms with Gasteiger partial charge in [0.05, 0.1) is 22.8 Å². The van der Waals surface area contributed by atoms with Crippen LogP contribution in [0.5, 0.6) is 0 Å². The van der Waals surface area contributed by atoms with Gasteiger partial charge in [-0.2, -0.15) is 5.10 Å². The third-order valence-corrected chi connectivity index (χ3v) is 4.74. The quantitative estimate of drug-likeness (QED) is 0.821. The molecule has 7 heteroatoms. The molecule has 0 spiro atoms. The smallest absolute Gasteiger partial charge is 0.157 e. The maximum absolute atomic E-state index is 11.8. The lowest BCUT2D eigenvalue weighted by Crippen LogP contribution is -2.28. The van der Waals surface area contributed by atoms with Crippen LogP contribution in [0.4, 0.5) is 0 Å². The first-order valence-corrected chi connectivity index (χ1v) is 7.37. The Hall–Kier alpha value is -0.880. The van der Waals surface area contributed by atoms with Gasteiger partial charge in [0.2, 0.25) is 0 Å². The molecule has 0 saturated heterocycles. The molecular weight excluding hydrogens is 264 g/mol. The predicted octanol–water partition coefficient (Wildman–Crippen LogP) is 0.927. The molecule has 0 aliphatic carbocycles. The van der Waals surface area contributed by atoms with Crippen molar-refractivity contribution in [2.24, 2.45) is 7.05 Å². The second kappa shape index (κ2) is 4.78. The summed E-state index contributed by atoms with van der Waals surface area (Å²) in [4.78, 5) is 11.8. The van der Waals surface area contributed by atoms with E-state index in [1.807, 2.05) is 0 Å². The van der Waals surface area contributed by atoms with E-state index < -0.39 is 15.1 Å². The summed E-state index contributed by atoms with van der Waals surface area (Å²) in [6.45, 7) is 3.12. The number of aryl methyl sites for hydroxylation is 2. The first-order valence-electron chi connectivity index (χ1n) is 5.04. The van der Waals surface area contributed by atoms with Crippen molar-refractivity contribution in [3.05, 3.63) is 16.4 Å². The van der Waals surface area contributed by atoms with E-state index in [2.05, 4.69) is 5.10 Å². The van der Waals surface area contributed by atoms with Gasteiger partial charge in [-0.15, -0.1) is 0 Å². The van der Waals surface area contributed by atoms with Crippen LogP contribution in [-0.4, -0.2) is 35.5 Å². The minimum absolute atomic E-state index is 0.0234. The summed E-state index contributed by atoms with van der Waals surface area (Å²) < 4.78 is 24.0. The van der Waals surface area contributed by atoms with Gasteiger partial charge >= 0.3 is 0 Å². The fraction of sp³-hybridized carbons (Fsp3) is 0.600. The van der Waals surface area contributed by atoms with Crippen molar-refractivity contribution in [1.82, 2.24) is 9.78 Å². The average Bonchev–Trinajstić information content (AvgIpc) is 2.42. The molecule has 0 aromatic carbocycles. The van der Waals surface area contributed by atoms with Crippen LogP contribution in [0.1, 0.15) is 18.3 Å². The molecule has 1 rings (SSSR count). The number of rotatable bonds is 4. The number of ketones is 1. The molecule has 1 unspecified atom stereocenters. The highest BCUT2D eigenvalue weighted by Crippen LogP contribution is 2.20. The number of Topliss-reactive ketones (excluding diaryl/α,β-unsaturated/α-hetero) is 1. The minimum Gasteiger partial charge on any atom is -0.298 e. The molecule has 0 aliphatic rings. The van der Waals surface area contributed by atoms with Gasteiger partial charge in [-0.1, -0.05) is 11.6 Å². The molecule has 1 atom stereocenters. The van der Waals surface area contributed by atoms with Gasteiger partial charge in [0.1, 0.15) is 5.25 Å². The molecule has 17 heavy (non-hydrogen) atoms. The highest BCUT2D eigenvalue weighted by atomic mass is 35.5. The lowest BCUT2D eigenvalue weighted by Gasteiger charge is -2.08. The molecule has 1 heterocycles. The Labute approximate surface area is 106 Å². The number of aromatic nitrogens is 2. The summed E-state index contributed by atoms with van der Waals surface area (Å²) in [5, 5.41) is 3.47. The first kappa shape index (κ1) is 14.2. The molecule has 5 nitrogen and oxygen atoms in total. The van der Waals surface area contributed by atoms with Crippen molar-refractivity contribution < 1.29 is 13.2 Å². The van der Waals surface area contributed by atoms with Gasteiger partial charge < -0.3 is 0 Å². The molecule has 0 N–H and O–H groups in total. The fourth-order valence-electron chi connectivity index (χ4n) is 1.42. The van der Waals surface area contributed by atoms with E-state index in [-0.39, 0.29) is 12.2 Å². The van der Waals surface area contributed by atoms with Crippen LogP contribution < -0.4 is 0 Å². The van der Waals surface area contributed by atoms with E-state index in [1.54, 1.807) is 14.0 Å². The molecule has 1 aromatic rings. The lowest BCUT2D eigenvalue weighted by molar-refractivity contribution is -0.117. The number of hydrogen-bond donors (Lipinski definition) is 0. The molecule has 1 aromatic heterocycles. The van der Waals surface area contributed by atoms with E-state index in [0.29, 0.717) is 16.4 Å². The van der Waals surface area contributed by atoms with Gasteiger partial charge in [-0.25, -0.2) is 8.42 Å². The van der Waals surface area contributed by atoms with Gasteiger partial charge in [0.15, 0.2) is 15.6 Å². The maximum atomic E-state index is 11.8. The zero-order valence-electron chi connectivity index (χ0n) is 10.2. The summed E-state index contributed by atoms with van der Waals surface area (Å²) >= 11 is 5.99. The lowest BCUT2D eigenvalue weighted by atomic mass is 10.1. The third kappa shape index (κ3) is 3.07. The number of halogens is 1. The van der Waals surface area contributed by atoms with E-state index >= 15 is 0 Å². The highest BCUT2D eigenvalue weighted by molar-refractivity contribution is 7.92.